The smallest absolute Gasteiger partial charge is 0.168 e. The molecule has 2 unspecified atom stereocenters. The van der Waals surface area contributed by atoms with E-state index in [9.17, 15) is 0 Å². The van der Waals surface area contributed by atoms with Gasteiger partial charge in [-0.3, -0.25) is 0 Å². The van der Waals surface area contributed by atoms with Gasteiger partial charge in [0, 0.05) is 0 Å². The molecule has 0 aliphatic heterocycles. The lowest BCUT2D eigenvalue weighted by molar-refractivity contribution is 0.363. The van der Waals surface area contributed by atoms with Crippen molar-refractivity contribution in [2.24, 2.45) is 5.92 Å². The first kappa shape index (κ1) is 11.5. The van der Waals surface area contributed by atoms with E-state index in [1.807, 2.05) is 11.7 Å². The van der Waals surface area contributed by atoms with Gasteiger partial charge in [-0.05, 0) is 43.2 Å². The summed E-state index contributed by atoms with van der Waals surface area (Å²) in [5.74, 6) is 1.86. The van der Waals surface area contributed by atoms with Crippen LogP contribution in [0.25, 0.3) is 0 Å². The highest BCUT2D eigenvalue weighted by Crippen LogP contribution is 2.38. The molecule has 5 heteroatoms. The molecule has 0 bridgehead atoms. The fourth-order valence-electron chi connectivity index (χ4n) is 2.05. The molecular weight excluding hydrogens is 202 g/mol. The average molecular weight is 223 g/mol. The maximum atomic E-state index is 4.15. The van der Waals surface area contributed by atoms with E-state index < -0.39 is 0 Å². The maximum Gasteiger partial charge on any atom is 0.168 e. The summed E-state index contributed by atoms with van der Waals surface area (Å²) in [7, 11) is 1.94. The molecule has 0 spiro atoms. The predicted molar refractivity (Wildman–Crippen MR) is 62.0 cm³/mol. The molecule has 0 aromatic carbocycles. The van der Waals surface area contributed by atoms with Crippen LogP contribution in [0.5, 0.6) is 0 Å². The molecule has 90 valence electrons. The summed E-state index contributed by atoms with van der Waals surface area (Å²) in [6.07, 6.45) is 5.10. The number of hydrogen-bond acceptors (Lipinski definition) is 4. The van der Waals surface area contributed by atoms with Gasteiger partial charge in [0.15, 0.2) is 5.82 Å². The minimum absolute atomic E-state index is 0.211. The van der Waals surface area contributed by atoms with E-state index in [0.717, 1.165) is 18.2 Å². The van der Waals surface area contributed by atoms with Crippen molar-refractivity contribution in [3.05, 3.63) is 5.82 Å². The quantitative estimate of drug-likeness (QED) is 0.797. The molecule has 0 radical (unpaired) electrons. The van der Waals surface area contributed by atoms with Crippen LogP contribution in [0.1, 0.15) is 57.4 Å². The summed E-state index contributed by atoms with van der Waals surface area (Å²) in [5, 5.41) is 15.3. The van der Waals surface area contributed by atoms with Crippen molar-refractivity contribution in [1.82, 2.24) is 25.5 Å². The van der Waals surface area contributed by atoms with E-state index in [-0.39, 0.29) is 6.04 Å². The lowest BCUT2D eigenvalue weighted by Gasteiger charge is -2.18. The first-order valence-electron chi connectivity index (χ1n) is 6.21. The summed E-state index contributed by atoms with van der Waals surface area (Å²) < 4.78 is 2.01. The highest BCUT2D eigenvalue weighted by atomic mass is 15.6. The SMILES string of the molecule is CCC(CC1CC1)n1nnnc1C(C)NC. The Hall–Kier alpha value is -0.970. The summed E-state index contributed by atoms with van der Waals surface area (Å²) in [6, 6.07) is 0.677. The van der Waals surface area contributed by atoms with Crippen molar-refractivity contribution in [3.8, 4) is 0 Å². The minimum Gasteiger partial charge on any atom is -0.311 e. The van der Waals surface area contributed by atoms with E-state index in [2.05, 4.69) is 34.7 Å². The Labute approximate surface area is 96.6 Å². The molecule has 16 heavy (non-hydrogen) atoms. The Morgan fingerprint density at radius 2 is 2.25 bits per heavy atom. The zero-order valence-corrected chi connectivity index (χ0v) is 10.3. The molecule has 1 aliphatic rings. The van der Waals surface area contributed by atoms with Crippen molar-refractivity contribution in [2.45, 2.75) is 51.6 Å². The van der Waals surface area contributed by atoms with Crippen LogP contribution in [0, 0.1) is 5.92 Å². The zero-order valence-electron chi connectivity index (χ0n) is 10.3. The van der Waals surface area contributed by atoms with Crippen molar-refractivity contribution in [3.63, 3.8) is 0 Å². The number of hydrogen-bond donors (Lipinski definition) is 1. The van der Waals surface area contributed by atoms with Gasteiger partial charge in [-0.2, -0.15) is 0 Å². The molecule has 1 aromatic heterocycles. The van der Waals surface area contributed by atoms with Crippen molar-refractivity contribution in [2.75, 3.05) is 7.05 Å². The van der Waals surface area contributed by atoms with Gasteiger partial charge < -0.3 is 5.32 Å². The van der Waals surface area contributed by atoms with Gasteiger partial charge in [-0.1, -0.05) is 19.8 Å². The Morgan fingerprint density at radius 1 is 1.50 bits per heavy atom. The summed E-state index contributed by atoms with van der Waals surface area (Å²) in [6.45, 7) is 4.30. The Morgan fingerprint density at radius 3 is 2.81 bits per heavy atom. The summed E-state index contributed by atoms with van der Waals surface area (Å²) in [4.78, 5) is 0. The standard InChI is InChI=1S/C11H21N5/c1-4-10(7-9-5-6-9)16-11(8(2)12-3)13-14-15-16/h8-10,12H,4-7H2,1-3H3. The number of rotatable bonds is 6. The van der Waals surface area contributed by atoms with E-state index in [0.29, 0.717) is 6.04 Å². The molecule has 1 heterocycles. The van der Waals surface area contributed by atoms with Gasteiger partial charge >= 0.3 is 0 Å². The van der Waals surface area contributed by atoms with E-state index in [1.54, 1.807) is 0 Å². The van der Waals surface area contributed by atoms with E-state index in [1.165, 1.54) is 19.3 Å². The molecule has 2 rings (SSSR count). The first-order chi connectivity index (χ1) is 7.76. The van der Waals surface area contributed by atoms with E-state index in [4.69, 9.17) is 0 Å². The topological polar surface area (TPSA) is 55.6 Å². The van der Waals surface area contributed by atoms with Crippen LogP contribution < -0.4 is 5.32 Å². The second-order valence-corrected chi connectivity index (χ2v) is 4.73. The number of tetrazole rings is 1. The van der Waals surface area contributed by atoms with Gasteiger partial charge in [-0.15, -0.1) is 5.10 Å². The molecule has 1 aliphatic carbocycles. The molecule has 1 N–H and O–H groups in total. The van der Waals surface area contributed by atoms with Gasteiger partial charge in [-0.25, -0.2) is 4.68 Å². The summed E-state index contributed by atoms with van der Waals surface area (Å²) >= 11 is 0. The van der Waals surface area contributed by atoms with Crippen LogP contribution in [-0.4, -0.2) is 27.3 Å². The molecule has 0 saturated heterocycles. The van der Waals surface area contributed by atoms with Crippen LogP contribution >= 0.6 is 0 Å². The maximum absolute atomic E-state index is 4.15. The van der Waals surface area contributed by atoms with Crippen molar-refractivity contribution >= 4 is 0 Å². The predicted octanol–water partition coefficient (Wildman–Crippen LogP) is 1.70. The minimum atomic E-state index is 0.211. The Bertz CT molecular complexity index is 331. The second kappa shape index (κ2) is 4.91. The summed E-state index contributed by atoms with van der Waals surface area (Å²) in [5.41, 5.74) is 0. The van der Waals surface area contributed by atoms with Gasteiger partial charge in [0.05, 0.1) is 12.1 Å². The zero-order chi connectivity index (χ0) is 11.5. The largest absolute Gasteiger partial charge is 0.311 e. The molecular formula is C11H21N5. The van der Waals surface area contributed by atoms with Crippen LogP contribution in [0.4, 0.5) is 0 Å². The molecule has 1 saturated carbocycles. The second-order valence-electron chi connectivity index (χ2n) is 4.73. The van der Waals surface area contributed by atoms with E-state index >= 15 is 0 Å². The third-order valence-electron chi connectivity index (χ3n) is 3.46. The third-order valence-corrected chi connectivity index (χ3v) is 3.46. The highest BCUT2D eigenvalue weighted by molar-refractivity contribution is 4.92. The van der Waals surface area contributed by atoms with Crippen molar-refractivity contribution < 1.29 is 0 Å². The van der Waals surface area contributed by atoms with Crippen molar-refractivity contribution in [1.29, 1.82) is 0 Å². The molecule has 1 fully saturated rings. The van der Waals surface area contributed by atoms with Crippen LogP contribution in [0.15, 0.2) is 0 Å². The Kier molecular flexibility index (Phi) is 3.53. The molecule has 0 amide bonds. The van der Waals surface area contributed by atoms with Crippen LogP contribution in [0.2, 0.25) is 0 Å². The number of nitrogens with zero attached hydrogens (tertiary/aromatic N) is 4. The lowest BCUT2D eigenvalue weighted by Crippen LogP contribution is -2.21. The van der Waals surface area contributed by atoms with Gasteiger partial charge in [0.2, 0.25) is 0 Å². The van der Waals surface area contributed by atoms with Crippen LogP contribution in [0.3, 0.4) is 0 Å². The van der Waals surface area contributed by atoms with Gasteiger partial charge in [0.25, 0.3) is 0 Å². The first-order valence-corrected chi connectivity index (χ1v) is 6.21. The lowest BCUT2D eigenvalue weighted by atomic mass is 10.1. The van der Waals surface area contributed by atoms with Gasteiger partial charge in [0.1, 0.15) is 0 Å². The fraction of sp³-hybridized carbons (Fsp3) is 0.909. The fourth-order valence-corrected chi connectivity index (χ4v) is 2.05. The molecule has 5 nitrogen and oxygen atoms in total. The third kappa shape index (κ3) is 2.40. The molecule has 1 aromatic rings. The normalized spacial score (nSPS) is 19.7. The Balaban J connectivity index is 2.12. The molecule has 2 atom stereocenters. The number of nitrogens with one attached hydrogen (secondary N) is 1. The number of aromatic nitrogens is 4. The average Bonchev–Trinajstić information content (AvgIpc) is 3.00. The monoisotopic (exact) mass is 223 g/mol. The highest BCUT2D eigenvalue weighted by Gasteiger charge is 2.28. The van der Waals surface area contributed by atoms with Crippen LogP contribution in [-0.2, 0) is 0 Å².